The van der Waals surface area contributed by atoms with E-state index in [4.69, 9.17) is 0 Å². The number of fused-ring (bicyclic) bond motifs is 3. The van der Waals surface area contributed by atoms with Gasteiger partial charge < -0.3 is 0 Å². The van der Waals surface area contributed by atoms with Crippen LogP contribution in [0.25, 0.3) is 0 Å². The summed E-state index contributed by atoms with van der Waals surface area (Å²) < 4.78 is 1.68. The molecule has 98 valence electrons. The number of rotatable bonds is 2. The average Bonchev–Trinajstić information content (AvgIpc) is 2.58. The molecule has 2 bridgehead atoms. The topological polar surface area (TPSA) is 0 Å². The van der Waals surface area contributed by atoms with E-state index in [1.807, 2.05) is 0 Å². The van der Waals surface area contributed by atoms with Gasteiger partial charge in [-0.1, -0.05) is 32.9 Å². The lowest BCUT2D eigenvalue weighted by molar-refractivity contribution is 0.525. The first-order chi connectivity index (χ1) is 9.83. The molecular weight excluding hydrogens is 337 g/mol. The van der Waals surface area contributed by atoms with E-state index in [-0.39, 0.29) is 0 Å². The first-order valence-corrected chi connectivity index (χ1v) is 16.8. The molecule has 3 aliphatic heterocycles. The highest BCUT2D eigenvalue weighted by Gasteiger charge is 2.55. The molecule has 0 aromatic carbocycles. The lowest BCUT2D eigenvalue weighted by Crippen LogP contribution is -2.66. The normalized spacial score (nSPS) is 47.6. The lowest BCUT2D eigenvalue weighted by atomic mass is 9.97. The molecule has 0 amide bonds. The van der Waals surface area contributed by atoms with Crippen molar-refractivity contribution in [1.29, 1.82) is 0 Å². The van der Waals surface area contributed by atoms with E-state index in [0.29, 0.717) is 0 Å². The van der Waals surface area contributed by atoms with Gasteiger partial charge in [0.2, 0.25) is 0 Å². The van der Waals surface area contributed by atoms with Crippen molar-refractivity contribution in [3.05, 3.63) is 24.3 Å². The Bertz CT molecular complexity index is 367. The third-order valence-electron chi connectivity index (χ3n) is 4.99. The molecule has 3 fully saturated rings. The second kappa shape index (κ2) is 5.77. The van der Waals surface area contributed by atoms with Gasteiger partial charge in [-0.05, 0) is 50.4 Å². The molecule has 3 saturated heterocycles. The maximum atomic E-state index is 2.63. The van der Waals surface area contributed by atoms with Crippen molar-refractivity contribution in [3.63, 3.8) is 0 Å². The zero-order chi connectivity index (χ0) is 13.5. The summed E-state index contributed by atoms with van der Waals surface area (Å²) in [6, 6.07) is 0. The molecule has 5 rings (SSSR count). The lowest BCUT2D eigenvalue weighted by Gasteiger charge is -2.57. The van der Waals surface area contributed by atoms with Gasteiger partial charge in [-0.25, -0.2) is 0 Å². The Kier molecular flexibility index (Phi) is 4.15. The van der Waals surface area contributed by atoms with Crippen molar-refractivity contribution in [2.75, 3.05) is 0 Å². The van der Waals surface area contributed by atoms with Crippen LogP contribution < -0.4 is 0 Å². The van der Waals surface area contributed by atoms with Gasteiger partial charge in [-0.3, -0.25) is 0 Å². The summed E-state index contributed by atoms with van der Waals surface area (Å²) in [5.41, 5.74) is 0. The van der Waals surface area contributed by atoms with E-state index < -0.39 is 0 Å². The van der Waals surface area contributed by atoms with Crippen LogP contribution in [0.3, 0.4) is 0 Å². The SMILES string of the molecule is C1=CC(C23[Si][Si]C(C4C=CCCC4)([Si][Si]2)[Si][Si]3)CCC1. The Morgan fingerprint density at radius 3 is 1.35 bits per heavy atom. The quantitative estimate of drug-likeness (QED) is 0.524. The predicted octanol–water partition coefficient (Wildman–Crippen LogP) is 1.84. The smallest absolute Gasteiger partial charge is 0.0224 e. The van der Waals surface area contributed by atoms with Crippen LogP contribution in [0, 0.1) is 11.8 Å². The van der Waals surface area contributed by atoms with Gasteiger partial charge in [0.15, 0.2) is 0 Å². The molecule has 0 N–H and O–H groups in total. The van der Waals surface area contributed by atoms with Crippen LogP contribution in [0.2, 0.25) is 8.57 Å². The molecule has 12 radical (unpaired) electrons. The molecule has 0 saturated carbocycles. The Morgan fingerprint density at radius 2 is 1.05 bits per heavy atom. The highest BCUT2D eigenvalue weighted by Crippen LogP contribution is 2.52. The molecule has 0 spiro atoms. The summed E-state index contributed by atoms with van der Waals surface area (Å²) in [6.45, 7) is 0. The van der Waals surface area contributed by atoms with E-state index in [1.54, 1.807) is 0 Å². The van der Waals surface area contributed by atoms with Crippen LogP contribution in [-0.2, 0) is 0 Å². The summed E-state index contributed by atoms with van der Waals surface area (Å²) in [4.78, 5) is 0. The van der Waals surface area contributed by atoms with Crippen LogP contribution in [0.4, 0.5) is 0 Å². The monoisotopic (exact) mass is 354 g/mol. The molecule has 5 aliphatic rings. The number of allylic oxidation sites excluding steroid dienone is 4. The highest BCUT2D eigenvalue weighted by molar-refractivity contribution is 7.43. The van der Waals surface area contributed by atoms with Gasteiger partial charge in [0.05, 0.1) is 0 Å². The van der Waals surface area contributed by atoms with Gasteiger partial charge in [-0.2, -0.15) is 0 Å². The maximum absolute atomic E-state index is 2.63. The third-order valence-corrected chi connectivity index (χ3v) is 31.7. The fourth-order valence-electron chi connectivity index (χ4n) is 3.68. The van der Waals surface area contributed by atoms with Crippen LogP contribution in [-0.4, -0.2) is 54.2 Å². The van der Waals surface area contributed by atoms with Crippen LogP contribution in [0.15, 0.2) is 24.3 Å². The largest absolute Gasteiger partial charge is 0.0883 e. The van der Waals surface area contributed by atoms with Crippen molar-refractivity contribution >= 4 is 54.2 Å². The minimum atomic E-state index is 0.840. The van der Waals surface area contributed by atoms with E-state index in [1.165, 1.54) is 92.7 Å². The summed E-state index contributed by atoms with van der Waals surface area (Å²) in [7, 11) is 7.92. The predicted molar refractivity (Wildman–Crippen MR) is 92.9 cm³/mol. The minimum absolute atomic E-state index is 0.840. The van der Waals surface area contributed by atoms with E-state index >= 15 is 0 Å². The Balaban J connectivity index is 1.51. The molecule has 0 aromatic rings. The fraction of sp³-hybridized carbons (Fsp3) is 0.714. The molecular formula is C14H18Si6. The standard InChI is InChI=1S/C14H18Si6/c1-3-7-11(8-4-1)13-15-18-14(19-16-13,20-17-13)12-9-5-2-6-10-12/h3,5,7,9,11-12H,1-2,4,6,8,10H2. The van der Waals surface area contributed by atoms with E-state index in [2.05, 4.69) is 24.3 Å². The Labute approximate surface area is 137 Å². The van der Waals surface area contributed by atoms with Crippen molar-refractivity contribution in [2.24, 2.45) is 11.8 Å². The molecule has 2 aliphatic carbocycles. The number of hydrogen-bond donors (Lipinski definition) is 0. The van der Waals surface area contributed by atoms with Gasteiger partial charge in [-0.15, -0.1) is 0 Å². The van der Waals surface area contributed by atoms with Crippen LogP contribution >= 0.6 is 0 Å². The fourth-order valence-corrected chi connectivity index (χ4v) is 36.1. The van der Waals surface area contributed by atoms with Gasteiger partial charge in [0, 0.05) is 54.2 Å². The molecule has 2 atom stereocenters. The van der Waals surface area contributed by atoms with E-state index in [9.17, 15) is 0 Å². The minimum Gasteiger partial charge on any atom is -0.0883 e. The van der Waals surface area contributed by atoms with Gasteiger partial charge in [0.1, 0.15) is 0 Å². The first kappa shape index (κ1) is 14.4. The molecule has 0 aromatic heterocycles. The van der Waals surface area contributed by atoms with Gasteiger partial charge in [0.25, 0.3) is 0 Å². The first-order valence-electron chi connectivity index (χ1n) is 7.79. The zero-order valence-electron chi connectivity index (χ0n) is 11.7. The summed E-state index contributed by atoms with van der Waals surface area (Å²) in [5, 5.41) is 0. The Hall–Kier alpha value is 0.781. The molecule has 0 nitrogen and oxygen atoms in total. The van der Waals surface area contributed by atoms with Crippen molar-refractivity contribution in [1.82, 2.24) is 0 Å². The highest BCUT2D eigenvalue weighted by atomic mass is 29.3. The number of hydrogen-bond acceptors (Lipinski definition) is 0. The molecule has 6 heteroatoms. The second-order valence-corrected chi connectivity index (χ2v) is 20.0. The molecule has 3 heterocycles. The Morgan fingerprint density at radius 1 is 0.650 bits per heavy atom. The summed E-state index contributed by atoms with van der Waals surface area (Å²) in [6.07, 6.45) is 18.9. The summed E-state index contributed by atoms with van der Waals surface area (Å²) >= 11 is 0. The molecule has 20 heavy (non-hydrogen) atoms. The van der Waals surface area contributed by atoms with Crippen LogP contribution in [0.1, 0.15) is 38.5 Å². The average molecular weight is 355 g/mol. The zero-order valence-corrected chi connectivity index (χ0v) is 17.7. The maximum Gasteiger partial charge on any atom is 0.0224 e. The second-order valence-electron chi connectivity index (χ2n) is 6.30. The van der Waals surface area contributed by atoms with Crippen molar-refractivity contribution in [2.45, 2.75) is 47.1 Å². The molecule has 2 unspecified atom stereocenters. The van der Waals surface area contributed by atoms with Crippen LogP contribution in [0.5, 0.6) is 0 Å². The van der Waals surface area contributed by atoms with Crippen molar-refractivity contribution in [3.8, 4) is 0 Å². The third kappa shape index (κ3) is 2.40. The summed E-state index contributed by atoms with van der Waals surface area (Å²) in [5.74, 6) is 1.97. The van der Waals surface area contributed by atoms with Gasteiger partial charge >= 0.3 is 0 Å². The van der Waals surface area contributed by atoms with Crippen molar-refractivity contribution < 1.29 is 0 Å². The van der Waals surface area contributed by atoms with E-state index in [0.717, 1.165) is 20.4 Å².